The summed E-state index contributed by atoms with van der Waals surface area (Å²) in [4.78, 5) is 70.7. The summed E-state index contributed by atoms with van der Waals surface area (Å²) < 4.78 is 14.9. The van der Waals surface area contributed by atoms with Crippen molar-refractivity contribution in [1.82, 2.24) is 9.80 Å². The SMILES string of the molecule is C.CCOc1c(Nc2cccc(C(=O)N(C)C)c2O)c(=O)c1=O.CCOc1c(OCC)c(=O)c1=O.CN(C)C(=O)c1cccc(N)c1O. The van der Waals surface area contributed by atoms with Crippen molar-refractivity contribution in [2.45, 2.75) is 28.2 Å². The van der Waals surface area contributed by atoms with Gasteiger partial charge in [-0.3, -0.25) is 28.8 Å². The standard InChI is InChI=1S/C15H16N2O5.C9H12N2O2.C8H10O4.CH4/c1-4-22-14-10(12(19)13(14)20)16-9-7-5-6-8(11(9)18)15(21)17(2)3;1-11(2)9(13)6-4-3-5-7(10)8(6)12;1-3-11-7-5(9)6(10)8(7)12-4-2;/h5-7,16,18H,4H2,1-3H3;3-5,12H,10H2,1-2H3;3-4H2,1-2H3;1H4. The number of carbonyl (C=O) groups is 2. The van der Waals surface area contributed by atoms with Gasteiger partial charge in [-0.1, -0.05) is 19.6 Å². The van der Waals surface area contributed by atoms with E-state index in [1.54, 1.807) is 67.2 Å². The summed E-state index contributed by atoms with van der Waals surface area (Å²) in [5.74, 6) is -0.996. The molecule has 0 aromatic heterocycles. The Bertz CT molecular complexity index is 1830. The van der Waals surface area contributed by atoms with Crippen LogP contribution in [0.5, 0.6) is 28.7 Å². The monoisotopic (exact) mass is 670 g/mol. The zero-order valence-corrected chi connectivity index (χ0v) is 27.1. The van der Waals surface area contributed by atoms with E-state index in [1.165, 1.54) is 28.0 Å². The molecule has 0 radical (unpaired) electrons. The third kappa shape index (κ3) is 8.90. The Morgan fingerprint density at radius 2 is 1.06 bits per heavy atom. The highest BCUT2D eigenvalue weighted by Gasteiger charge is 2.25. The van der Waals surface area contributed by atoms with E-state index in [2.05, 4.69) is 5.32 Å². The van der Waals surface area contributed by atoms with E-state index >= 15 is 0 Å². The fraction of sp³-hybridized carbons (Fsp3) is 0.333. The molecule has 0 atom stereocenters. The molecule has 0 heterocycles. The number of phenolic OH excluding ortho intramolecular Hbond substituents is 2. The highest BCUT2D eigenvalue weighted by molar-refractivity contribution is 5.99. The van der Waals surface area contributed by atoms with Gasteiger partial charge in [0, 0.05) is 28.2 Å². The largest absolute Gasteiger partial charge is 0.505 e. The van der Waals surface area contributed by atoms with Gasteiger partial charge in [-0.15, -0.1) is 0 Å². The first-order chi connectivity index (χ1) is 22.1. The van der Waals surface area contributed by atoms with E-state index < -0.39 is 21.7 Å². The molecule has 4 aromatic carbocycles. The number of hydrogen-bond acceptors (Lipinski definition) is 13. The number of anilines is 3. The molecule has 0 saturated heterocycles. The first-order valence-electron chi connectivity index (χ1n) is 14.3. The van der Waals surface area contributed by atoms with Crippen LogP contribution in [-0.2, 0) is 0 Å². The Balaban J connectivity index is 0.000000381. The zero-order chi connectivity index (χ0) is 35.6. The molecule has 4 aromatic rings. The Morgan fingerprint density at radius 1 is 0.667 bits per heavy atom. The molecule has 15 nitrogen and oxygen atoms in total. The molecule has 15 heteroatoms. The number of aromatic hydroxyl groups is 2. The van der Waals surface area contributed by atoms with Crippen LogP contribution in [0.4, 0.5) is 17.1 Å². The molecule has 0 unspecified atom stereocenters. The van der Waals surface area contributed by atoms with Crippen molar-refractivity contribution in [2.24, 2.45) is 0 Å². The van der Waals surface area contributed by atoms with Gasteiger partial charge in [0.1, 0.15) is 5.69 Å². The normalized spacial score (nSPS) is 9.98. The van der Waals surface area contributed by atoms with Gasteiger partial charge in [-0.2, -0.15) is 0 Å². The van der Waals surface area contributed by atoms with Crippen LogP contribution in [0.2, 0.25) is 0 Å². The summed E-state index contributed by atoms with van der Waals surface area (Å²) in [5.41, 5.74) is 3.52. The molecule has 4 rings (SSSR count). The summed E-state index contributed by atoms with van der Waals surface area (Å²) in [7, 11) is 6.35. The second-order valence-corrected chi connectivity index (χ2v) is 9.95. The van der Waals surface area contributed by atoms with Crippen molar-refractivity contribution in [2.75, 3.05) is 59.1 Å². The maximum Gasteiger partial charge on any atom is 0.275 e. The number of nitrogen functional groups attached to an aromatic ring is 1. The Kier molecular flexibility index (Phi) is 14.8. The minimum Gasteiger partial charge on any atom is -0.505 e. The third-order valence-corrected chi connectivity index (χ3v) is 6.19. The number of benzene rings is 2. The molecule has 0 fully saturated rings. The summed E-state index contributed by atoms with van der Waals surface area (Å²) in [5, 5.41) is 22.3. The van der Waals surface area contributed by atoms with E-state index in [0.717, 1.165) is 0 Å². The molecule has 0 bridgehead atoms. The second-order valence-electron chi connectivity index (χ2n) is 9.95. The lowest BCUT2D eigenvalue weighted by molar-refractivity contribution is 0.0817. The van der Waals surface area contributed by atoms with Crippen molar-refractivity contribution in [3.05, 3.63) is 88.4 Å². The average molecular weight is 671 g/mol. The number of ether oxygens (including phenoxy) is 3. The number of amides is 2. The molecular formula is C33H42N4O11. The molecule has 0 aliphatic heterocycles. The molecule has 0 aliphatic rings. The van der Waals surface area contributed by atoms with Gasteiger partial charge in [0.05, 0.1) is 42.3 Å². The van der Waals surface area contributed by atoms with Crippen LogP contribution < -0.4 is 47.0 Å². The summed E-state index contributed by atoms with van der Waals surface area (Å²) in [6.45, 7) is 6.15. The molecule has 48 heavy (non-hydrogen) atoms. The van der Waals surface area contributed by atoms with Crippen molar-refractivity contribution in [3.63, 3.8) is 0 Å². The molecule has 2 amide bonds. The van der Waals surface area contributed by atoms with Crippen LogP contribution >= 0.6 is 0 Å². The smallest absolute Gasteiger partial charge is 0.275 e. The first-order valence-corrected chi connectivity index (χ1v) is 14.3. The fourth-order valence-corrected chi connectivity index (χ4v) is 3.83. The van der Waals surface area contributed by atoms with Crippen LogP contribution in [0.3, 0.4) is 0 Å². The number of carbonyl (C=O) groups excluding carboxylic acids is 2. The predicted octanol–water partition coefficient (Wildman–Crippen LogP) is 2.22. The molecular weight excluding hydrogens is 628 g/mol. The minimum absolute atomic E-state index is 0. The number of nitrogens with one attached hydrogen (secondary N) is 1. The Hall–Kier alpha value is -5.86. The molecule has 0 aliphatic carbocycles. The summed E-state index contributed by atoms with van der Waals surface area (Å²) >= 11 is 0. The number of nitrogens with zero attached hydrogens (tertiary/aromatic N) is 2. The van der Waals surface area contributed by atoms with Crippen molar-refractivity contribution < 1.29 is 34.0 Å². The molecule has 260 valence electrons. The van der Waals surface area contributed by atoms with Gasteiger partial charge in [0.25, 0.3) is 33.5 Å². The number of para-hydroxylation sites is 2. The number of hydrogen-bond donors (Lipinski definition) is 4. The molecule has 5 N–H and O–H groups in total. The van der Waals surface area contributed by atoms with Gasteiger partial charge >= 0.3 is 0 Å². The third-order valence-electron chi connectivity index (χ3n) is 6.19. The maximum atomic E-state index is 12.0. The first kappa shape index (κ1) is 40.2. The maximum absolute atomic E-state index is 12.0. The minimum atomic E-state index is -0.716. The van der Waals surface area contributed by atoms with Crippen molar-refractivity contribution in [1.29, 1.82) is 0 Å². The van der Waals surface area contributed by atoms with Gasteiger partial charge in [-0.25, -0.2) is 0 Å². The van der Waals surface area contributed by atoms with E-state index in [1.807, 2.05) is 0 Å². The molecule has 0 saturated carbocycles. The van der Waals surface area contributed by atoms with E-state index in [4.69, 9.17) is 19.9 Å². The lowest BCUT2D eigenvalue weighted by Crippen LogP contribution is -2.35. The highest BCUT2D eigenvalue weighted by Crippen LogP contribution is 2.32. The second kappa shape index (κ2) is 17.7. The highest BCUT2D eigenvalue weighted by atomic mass is 16.5. The van der Waals surface area contributed by atoms with Gasteiger partial charge in [-0.05, 0) is 45.0 Å². The predicted molar refractivity (Wildman–Crippen MR) is 183 cm³/mol. The average Bonchev–Trinajstić information content (AvgIpc) is 3.05. The lowest BCUT2D eigenvalue weighted by Gasteiger charge is -2.16. The Labute approximate surface area is 277 Å². The van der Waals surface area contributed by atoms with Crippen LogP contribution in [0.1, 0.15) is 48.9 Å². The fourth-order valence-electron chi connectivity index (χ4n) is 3.83. The topological polar surface area (TPSA) is 215 Å². The van der Waals surface area contributed by atoms with Crippen molar-refractivity contribution >= 4 is 28.9 Å². The number of phenols is 2. The van der Waals surface area contributed by atoms with Crippen molar-refractivity contribution in [3.8, 4) is 28.7 Å². The number of nitrogens with two attached hydrogens (primary N) is 1. The van der Waals surface area contributed by atoms with Crippen LogP contribution in [0, 0.1) is 0 Å². The van der Waals surface area contributed by atoms with E-state index in [-0.39, 0.29) is 82.8 Å². The van der Waals surface area contributed by atoms with Crippen LogP contribution in [-0.4, -0.2) is 79.8 Å². The van der Waals surface area contributed by atoms with E-state index in [0.29, 0.717) is 13.2 Å². The molecule has 0 spiro atoms. The summed E-state index contributed by atoms with van der Waals surface area (Å²) in [6, 6.07) is 9.23. The quantitative estimate of drug-likeness (QED) is 0.108. The zero-order valence-electron chi connectivity index (χ0n) is 27.1. The Morgan fingerprint density at radius 3 is 1.50 bits per heavy atom. The van der Waals surface area contributed by atoms with E-state index in [9.17, 15) is 39.0 Å². The number of rotatable bonds is 10. The van der Waals surface area contributed by atoms with Gasteiger partial charge < -0.3 is 45.3 Å². The van der Waals surface area contributed by atoms with Crippen LogP contribution in [0.25, 0.3) is 0 Å². The van der Waals surface area contributed by atoms with Gasteiger partial charge in [0.2, 0.25) is 11.5 Å². The summed E-state index contributed by atoms with van der Waals surface area (Å²) in [6.07, 6.45) is 0. The lowest BCUT2D eigenvalue weighted by atomic mass is 10.1. The van der Waals surface area contributed by atoms with Crippen LogP contribution in [0.15, 0.2) is 55.6 Å². The van der Waals surface area contributed by atoms with Gasteiger partial charge in [0.15, 0.2) is 17.2 Å².